The van der Waals surface area contributed by atoms with Gasteiger partial charge in [0.15, 0.2) is 0 Å². The van der Waals surface area contributed by atoms with Crippen LogP contribution in [-0.2, 0) is 4.74 Å². The Balaban J connectivity index is 1.37. The minimum absolute atomic E-state index is 0.188. The molecule has 0 unspecified atom stereocenters. The van der Waals surface area contributed by atoms with Gasteiger partial charge in [0.05, 0.1) is 18.3 Å². The first-order chi connectivity index (χ1) is 9.81. The van der Waals surface area contributed by atoms with E-state index in [4.69, 9.17) is 4.74 Å². The first-order valence-electron chi connectivity index (χ1n) is 7.94. The maximum absolute atomic E-state index is 10.3. The number of hydrogen-bond donors (Lipinski definition) is 1. The number of benzene rings is 1. The van der Waals surface area contributed by atoms with Crippen LogP contribution in [0.4, 0.5) is 0 Å². The molecular weight excluding hydrogens is 250 g/mol. The van der Waals surface area contributed by atoms with Crippen LogP contribution in [-0.4, -0.2) is 47.4 Å². The summed E-state index contributed by atoms with van der Waals surface area (Å²) in [6.07, 6.45) is 4.91. The number of likely N-dealkylation sites (tertiary alicyclic amines) is 1. The van der Waals surface area contributed by atoms with Gasteiger partial charge in [0.1, 0.15) is 0 Å². The van der Waals surface area contributed by atoms with Crippen LogP contribution in [0.3, 0.4) is 0 Å². The molecule has 0 radical (unpaired) electrons. The number of aliphatic hydroxyl groups is 1. The molecule has 2 aliphatic heterocycles. The average molecular weight is 273 g/mol. The summed E-state index contributed by atoms with van der Waals surface area (Å²) in [5, 5.41) is 10.3. The largest absolute Gasteiger partial charge is 0.391 e. The number of aliphatic hydroxyl groups excluding tert-OH is 1. The van der Waals surface area contributed by atoms with Crippen LogP contribution in [0.2, 0.25) is 0 Å². The highest BCUT2D eigenvalue weighted by atomic mass is 16.6. The Morgan fingerprint density at radius 1 is 1.00 bits per heavy atom. The summed E-state index contributed by atoms with van der Waals surface area (Å²) in [7, 11) is 0. The van der Waals surface area contributed by atoms with E-state index in [0.717, 1.165) is 25.9 Å². The summed E-state index contributed by atoms with van der Waals surface area (Å²) in [5.41, 5.74) is 1.47. The molecule has 20 heavy (non-hydrogen) atoms. The number of rotatable bonds is 2. The number of nitrogens with zero attached hydrogens (tertiary/aromatic N) is 1. The molecule has 0 spiro atoms. The molecule has 0 amide bonds. The van der Waals surface area contributed by atoms with E-state index in [1.54, 1.807) is 0 Å². The molecule has 0 bridgehead atoms. The third-order valence-corrected chi connectivity index (χ3v) is 5.35. The van der Waals surface area contributed by atoms with Gasteiger partial charge in [-0.25, -0.2) is 0 Å². The lowest BCUT2D eigenvalue weighted by Gasteiger charge is -2.40. The second-order valence-electron chi connectivity index (χ2n) is 6.54. The van der Waals surface area contributed by atoms with Gasteiger partial charge in [-0.15, -0.1) is 0 Å². The Morgan fingerprint density at radius 2 is 1.70 bits per heavy atom. The molecule has 3 fully saturated rings. The van der Waals surface area contributed by atoms with Gasteiger partial charge in [0.2, 0.25) is 0 Å². The maximum atomic E-state index is 10.3. The maximum Gasteiger partial charge on any atom is 0.0867 e. The van der Waals surface area contributed by atoms with Crippen LogP contribution >= 0.6 is 0 Å². The molecule has 4 atom stereocenters. The normalized spacial score (nSPS) is 38.5. The van der Waals surface area contributed by atoms with Crippen LogP contribution in [0.1, 0.15) is 37.2 Å². The predicted molar refractivity (Wildman–Crippen MR) is 77.7 cm³/mol. The van der Waals surface area contributed by atoms with Gasteiger partial charge < -0.3 is 9.84 Å². The zero-order valence-electron chi connectivity index (χ0n) is 11.8. The monoisotopic (exact) mass is 273 g/mol. The van der Waals surface area contributed by atoms with Crippen molar-refractivity contribution < 1.29 is 9.84 Å². The molecule has 1 saturated carbocycles. The van der Waals surface area contributed by atoms with E-state index >= 15 is 0 Å². The van der Waals surface area contributed by atoms with Gasteiger partial charge in [0.25, 0.3) is 0 Å². The van der Waals surface area contributed by atoms with Crippen molar-refractivity contribution >= 4 is 0 Å². The quantitative estimate of drug-likeness (QED) is 0.839. The predicted octanol–water partition coefficient (Wildman–Crippen LogP) is 2.16. The fourth-order valence-electron chi connectivity index (χ4n) is 4.07. The van der Waals surface area contributed by atoms with Crippen molar-refractivity contribution in [3.05, 3.63) is 35.9 Å². The smallest absolute Gasteiger partial charge is 0.0867 e. The van der Waals surface area contributed by atoms with Gasteiger partial charge in [-0.1, -0.05) is 30.3 Å². The Morgan fingerprint density at radius 3 is 2.45 bits per heavy atom. The number of hydrogen-bond acceptors (Lipinski definition) is 3. The Labute approximate surface area is 120 Å². The number of fused-ring (bicyclic) bond motifs is 1. The number of epoxide rings is 1. The highest BCUT2D eigenvalue weighted by Crippen LogP contribution is 2.40. The lowest BCUT2D eigenvalue weighted by atomic mass is 9.86. The van der Waals surface area contributed by atoms with E-state index < -0.39 is 0 Å². The van der Waals surface area contributed by atoms with Crippen LogP contribution in [0.5, 0.6) is 0 Å². The molecule has 0 aromatic heterocycles. The van der Waals surface area contributed by atoms with Crippen molar-refractivity contribution in [1.82, 2.24) is 4.90 Å². The van der Waals surface area contributed by atoms with Crippen LogP contribution in [0.15, 0.2) is 30.3 Å². The summed E-state index contributed by atoms with van der Waals surface area (Å²) in [5.74, 6) is 0.693. The molecule has 1 aliphatic carbocycles. The minimum atomic E-state index is -0.188. The summed E-state index contributed by atoms with van der Waals surface area (Å²) in [6, 6.07) is 11.2. The van der Waals surface area contributed by atoms with E-state index in [1.165, 1.54) is 18.4 Å². The van der Waals surface area contributed by atoms with Crippen molar-refractivity contribution in [2.45, 2.75) is 56.0 Å². The first-order valence-corrected chi connectivity index (χ1v) is 7.94. The SMILES string of the molecule is O[C@@H]1C[C@H]2O[C@H]2C[C@H]1N1CCC(c2ccccc2)CC1. The third kappa shape index (κ3) is 2.39. The molecule has 2 heterocycles. The summed E-state index contributed by atoms with van der Waals surface area (Å²) < 4.78 is 5.57. The van der Waals surface area contributed by atoms with Crippen molar-refractivity contribution in [1.29, 1.82) is 0 Å². The average Bonchev–Trinajstić information content (AvgIpc) is 3.25. The molecule has 108 valence electrons. The van der Waals surface area contributed by atoms with Gasteiger partial charge in [-0.2, -0.15) is 0 Å². The van der Waals surface area contributed by atoms with Crippen LogP contribution < -0.4 is 0 Å². The molecule has 1 aromatic rings. The van der Waals surface area contributed by atoms with Crippen molar-refractivity contribution in [2.75, 3.05) is 13.1 Å². The first kappa shape index (κ1) is 12.8. The van der Waals surface area contributed by atoms with E-state index in [1.807, 2.05) is 0 Å². The number of ether oxygens (including phenoxy) is 1. The van der Waals surface area contributed by atoms with E-state index in [9.17, 15) is 5.11 Å². The number of piperidine rings is 1. The Bertz CT molecular complexity index is 455. The van der Waals surface area contributed by atoms with Crippen LogP contribution in [0.25, 0.3) is 0 Å². The van der Waals surface area contributed by atoms with E-state index in [0.29, 0.717) is 24.2 Å². The Hall–Kier alpha value is -0.900. The zero-order valence-corrected chi connectivity index (χ0v) is 11.8. The standard InChI is InChI=1S/C17H23NO2/c19-15-11-17-16(20-17)10-14(15)18-8-6-13(7-9-18)12-4-2-1-3-5-12/h1-5,13-17,19H,6-11H2/t14-,15-,16+,17-/m1/s1. The molecular formula is C17H23NO2. The van der Waals surface area contributed by atoms with Crippen molar-refractivity contribution in [3.63, 3.8) is 0 Å². The highest BCUT2D eigenvalue weighted by Gasteiger charge is 2.49. The molecule has 3 nitrogen and oxygen atoms in total. The lowest BCUT2D eigenvalue weighted by molar-refractivity contribution is 0.0166. The summed E-state index contributed by atoms with van der Waals surface area (Å²) in [6.45, 7) is 2.22. The van der Waals surface area contributed by atoms with Gasteiger partial charge in [-0.3, -0.25) is 4.90 Å². The zero-order chi connectivity index (χ0) is 13.5. The fraction of sp³-hybridized carbons (Fsp3) is 0.647. The summed E-state index contributed by atoms with van der Waals surface area (Å²) >= 11 is 0. The van der Waals surface area contributed by atoms with Gasteiger partial charge >= 0.3 is 0 Å². The van der Waals surface area contributed by atoms with Gasteiger partial charge in [0, 0.05) is 12.5 Å². The second-order valence-corrected chi connectivity index (χ2v) is 6.54. The van der Waals surface area contributed by atoms with Gasteiger partial charge in [-0.05, 0) is 43.8 Å². The summed E-state index contributed by atoms with van der Waals surface area (Å²) in [4.78, 5) is 2.50. The molecule has 3 heteroatoms. The fourth-order valence-corrected chi connectivity index (χ4v) is 4.07. The molecule has 2 saturated heterocycles. The van der Waals surface area contributed by atoms with Crippen molar-refractivity contribution in [2.24, 2.45) is 0 Å². The minimum Gasteiger partial charge on any atom is -0.391 e. The highest BCUT2D eigenvalue weighted by molar-refractivity contribution is 5.20. The molecule has 1 aromatic carbocycles. The lowest BCUT2D eigenvalue weighted by Crippen LogP contribution is -2.50. The third-order valence-electron chi connectivity index (χ3n) is 5.35. The second kappa shape index (κ2) is 5.14. The van der Waals surface area contributed by atoms with E-state index in [-0.39, 0.29) is 6.10 Å². The molecule has 4 rings (SSSR count). The Kier molecular flexibility index (Phi) is 3.29. The van der Waals surface area contributed by atoms with E-state index in [2.05, 4.69) is 35.2 Å². The van der Waals surface area contributed by atoms with Crippen LogP contribution in [0, 0.1) is 0 Å². The van der Waals surface area contributed by atoms with Crippen molar-refractivity contribution in [3.8, 4) is 0 Å². The molecule has 3 aliphatic rings. The molecule has 1 N–H and O–H groups in total. The topological polar surface area (TPSA) is 36.0 Å².